The minimum absolute atomic E-state index is 0.157. The lowest BCUT2D eigenvalue weighted by atomic mass is 10.1. The molecule has 3 heterocycles. The fourth-order valence-electron chi connectivity index (χ4n) is 4.50. The molecule has 1 fully saturated rings. The van der Waals surface area contributed by atoms with Gasteiger partial charge in [0.25, 0.3) is 5.91 Å². The van der Waals surface area contributed by atoms with E-state index >= 15 is 0 Å². The lowest BCUT2D eigenvalue weighted by Crippen LogP contribution is -2.44. The number of fused-ring (bicyclic) bond motifs is 1. The van der Waals surface area contributed by atoms with Crippen LogP contribution in [0.4, 0.5) is 10.8 Å². The summed E-state index contributed by atoms with van der Waals surface area (Å²) in [7, 11) is -3.35. The Labute approximate surface area is 187 Å². The number of benzene rings is 1. The summed E-state index contributed by atoms with van der Waals surface area (Å²) in [5, 5.41) is 5.39. The summed E-state index contributed by atoms with van der Waals surface area (Å²) >= 11 is 1.40. The Kier molecular flexibility index (Phi) is 6.08. The molecule has 168 valence electrons. The first kappa shape index (κ1) is 22.2. The quantitative estimate of drug-likeness (QED) is 0.732. The van der Waals surface area contributed by atoms with Crippen LogP contribution in [0, 0.1) is 0 Å². The molecule has 3 atom stereocenters. The smallest absolute Gasteiger partial charge is 0.257 e. The van der Waals surface area contributed by atoms with Crippen LogP contribution < -0.4 is 9.62 Å². The molecule has 1 aromatic heterocycles. The summed E-state index contributed by atoms with van der Waals surface area (Å²) in [5.41, 5.74) is 2.93. The van der Waals surface area contributed by atoms with Gasteiger partial charge in [-0.15, -0.1) is 11.3 Å². The van der Waals surface area contributed by atoms with E-state index in [-0.39, 0.29) is 24.2 Å². The van der Waals surface area contributed by atoms with Crippen LogP contribution in [-0.4, -0.2) is 61.8 Å². The average molecular weight is 465 g/mol. The van der Waals surface area contributed by atoms with E-state index in [0.717, 1.165) is 30.9 Å². The van der Waals surface area contributed by atoms with E-state index in [0.29, 0.717) is 22.8 Å². The maximum absolute atomic E-state index is 12.8. The van der Waals surface area contributed by atoms with Crippen LogP contribution in [-0.2, 0) is 27.7 Å². The lowest BCUT2D eigenvalue weighted by molar-refractivity contribution is -0.0707. The molecule has 0 saturated carbocycles. The van der Waals surface area contributed by atoms with Crippen LogP contribution in [0.15, 0.2) is 23.6 Å². The van der Waals surface area contributed by atoms with E-state index in [4.69, 9.17) is 4.74 Å². The van der Waals surface area contributed by atoms with Gasteiger partial charge in [-0.05, 0) is 51.0 Å². The molecule has 1 amide bonds. The molecule has 0 spiro atoms. The minimum atomic E-state index is -3.35. The normalized spacial score (nSPS) is 24.3. The molecule has 1 saturated heterocycles. The average Bonchev–Trinajstić information content (AvgIpc) is 3.22. The Morgan fingerprint density at radius 1 is 1.26 bits per heavy atom. The summed E-state index contributed by atoms with van der Waals surface area (Å²) in [5.74, 6) is -0.247. The molecule has 1 N–H and O–H groups in total. The molecular formula is C21H28N4O4S2. The van der Waals surface area contributed by atoms with E-state index < -0.39 is 10.0 Å². The third-order valence-electron chi connectivity index (χ3n) is 5.51. The fraction of sp³-hybridized carbons (Fsp3) is 0.524. The zero-order chi connectivity index (χ0) is 22.3. The van der Waals surface area contributed by atoms with Crippen molar-refractivity contribution in [1.29, 1.82) is 0 Å². The number of hydrogen-bond acceptors (Lipinski definition) is 7. The molecule has 4 rings (SSSR count). The van der Waals surface area contributed by atoms with Crippen LogP contribution in [0.5, 0.6) is 0 Å². The second-order valence-corrected chi connectivity index (χ2v) is 11.2. The second kappa shape index (κ2) is 8.50. The molecule has 2 aliphatic heterocycles. The maximum atomic E-state index is 12.8. The highest BCUT2D eigenvalue weighted by molar-refractivity contribution is 7.92. The predicted octanol–water partition coefficient (Wildman–Crippen LogP) is 2.72. The Morgan fingerprint density at radius 2 is 1.97 bits per heavy atom. The summed E-state index contributed by atoms with van der Waals surface area (Å²) in [6, 6.07) is 4.99. The number of ether oxygens (including phenoxy) is 1. The molecule has 10 heteroatoms. The number of rotatable bonds is 5. The lowest BCUT2D eigenvalue weighted by Gasteiger charge is -2.34. The Morgan fingerprint density at radius 3 is 2.65 bits per heavy atom. The highest BCUT2D eigenvalue weighted by atomic mass is 32.2. The Balaban J connectivity index is 1.42. The number of thiazole rings is 1. The van der Waals surface area contributed by atoms with E-state index in [1.165, 1.54) is 21.9 Å². The molecule has 8 nitrogen and oxygen atoms in total. The summed E-state index contributed by atoms with van der Waals surface area (Å²) in [6.45, 7) is 8.46. The van der Waals surface area contributed by atoms with Gasteiger partial charge in [0.1, 0.15) is 0 Å². The molecule has 2 aliphatic rings. The van der Waals surface area contributed by atoms with Gasteiger partial charge < -0.3 is 4.74 Å². The number of nitrogens with one attached hydrogen (secondary N) is 1. The van der Waals surface area contributed by atoms with Gasteiger partial charge in [0.15, 0.2) is 5.13 Å². The second-order valence-electron chi connectivity index (χ2n) is 8.50. The van der Waals surface area contributed by atoms with Crippen LogP contribution in [0.2, 0.25) is 0 Å². The predicted molar refractivity (Wildman–Crippen MR) is 122 cm³/mol. The molecule has 0 aliphatic carbocycles. The van der Waals surface area contributed by atoms with Gasteiger partial charge in [-0.1, -0.05) is 0 Å². The topological polar surface area (TPSA) is 91.8 Å². The molecule has 1 aromatic carbocycles. The highest BCUT2D eigenvalue weighted by Gasteiger charge is 2.33. The number of amides is 1. The van der Waals surface area contributed by atoms with Crippen molar-refractivity contribution in [1.82, 2.24) is 9.88 Å². The standard InChI is InChI=1S/C21H28N4O4S2/c1-13-7-17-8-16(5-6-19(17)25(13)31(4,27)28)20(26)23-21-22-18(12-30-21)11-24-9-14(2)29-15(3)10-24/h5-6,8,12-15H,7,9-11H2,1-4H3,(H,22,23,26)/t13-,14-,15-/m1/s1. The SMILES string of the molecule is C[C@@H]1CN(Cc2csc(NC(=O)c3ccc4c(c3)C[C@@H](C)N4S(C)(=O)=O)n2)C[C@@H](C)O1. The van der Waals surface area contributed by atoms with E-state index in [2.05, 4.69) is 29.0 Å². The van der Waals surface area contributed by atoms with Crippen LogP contribution >= 0.6 is 11.3 Å². The number of carbonyl (C=O) groups is 1. The summed E-state index contributed by atoms with van der Waals surface area (Å²) in [4.78, 5) is 19.6. The monoisotopic (exact) mass is 464 g/mol. The largest absolute Gasteiger partial charge is 0.373 e. The van der Waals surface area contributed by atoms with E-state index in [1.807, 2.05) is 12.3 Å². The van der Waals surface area contributed by atoms with Gasteiger partial charge in [-0.25, -0.2) is 13.4 Å². The number of anilines is 2. The Hall–Kier alpha value is -2.01. The van der Waals surface area contributed by atoms with Crippen molar-refractivity contribution >= 4 is 38.1 Å². The molecule has 0 radical (unpaired) electrons. The van der Waals surface area contributed by atoms with Gasteiger partial charge in [0.05, 0.1) is 29.8 Å². The van der Waals surface area contributed by atoms with Gasteiger partial charge >= 0.3 is 0 Å². The molecular weight excluding hydrogens is 436 g/mol. The zero-order valence-electron chi connectivity index (χ0n) is 18.2. The fourth-order valence-corrected chi connectivity index (χ4v) is 6.46. The summed E-state index contributed by atoms with van der Waals surface area (Å²) in [6.07, 6.45) is 2.18. The van der Waals surface area contributed by atoms with Crippen molar-refractivity contribution in [3.63, 3.8) is 0 Å². The highest BCUT2D eigenvalue weighted by Crippen LogP contribution is 2.35. The first-order valence-electron chi connectivity index (χ1n) is 10.4. The Bertz CT molecular complexity index is 1070. The van der Waals surface area contributed by atoms with Gasteiger partial charge in [-0.3, -0.25) is 19.3 Å². The first-order chi connectivity index (χ1) is 14.6. The van der Waals surface area contributed by atoms with Crippen molar-refractivity contribution < 1.29 is 17.9 Å². The maximum Gasteiger partial charge on any atom is 0.257 e. The zero-order valence-corrected chi connectivity index (χ0v) is 19.8. The van der Waals surface area contributed by atoms with E-state index in [1.54, 1.807) is 18.2 Å². The van der Waals surface area contributed by atoms with Crippen LogP contribution in [0.25, 0.3) is 0 Å². The minimum Gasteiger partial charge on any atom is -0.373 e. The molecule has 31 heavy (non-hydrogen) atoms. The van der Waals surface area contributed by atoms with Crippen LogP contribution in [0.3, 0.4) is 0 Å². The number of carbonyl (C=O) groups excluding carboxylic acids is 1. The van der Waals surface area contributed by atoms with Gasteiger partial charge in [0.2, 0.25) is 10.0 Å². The van der Waals surface area contributed by atoms with Gasteiger partial charge in [0, 0.05) is 36.6 Å². The van der Waals surface area contributed by atoms with Crippen molar-refractivity contribution in [3.8, 4) is 0 Å². The van der Waals surface area contributed by atoms with E-state index in [9.17, 15) is 13.2 Å². The first-order valence-corrected chi connectivity index (χ1v) is 13.1. The third-order valence-corrected chi connectivity index (χ3v) is 7.58. The number of sulfonamides is 1. The number of morpholine rings is 1. The number of hydrogen-bond donors (Lipinski definition) is 1. The summed E-state index contributed by atoms with van der Waals surface area (Å²) < 4.78 is 31.3. The van der Waals surface area contributed by atoms with Gasteiger partial charge in [-0.2, -0.15) is 0 Å². The molecule has 2 aromatic rings. The van der Waals surface area contributed by atoms with Crippen molar-refractivity contribution in [2.24, 2.45) is 0 Å². The molecule has 0 bridgehead atoms. The number of aromatic nitrogens is 1. The van der Waals surface area contributed by atoms with Crippen molar-refractivity contribution in [2.75, 3.05) is 29.0 Å². The van der Waals surface area contributed by atoms with Crippen LogP contribution in [0.1, 0.15) is 42.4 Å². The van der Waals surface area contributed by atoms with Crippen molar-refractivity contribution in [3.05, 3.63) is 40.4 Å². The molecule has 0 unspecified atom stereocenters. The third kappa shape index (κ3) is 4.92. The van der Waals surface area contributed by atoms with Crippen molar-refractivity contribution in [2.45, 2.75) is 52.0 Å². The number of nitrogens with zero attached hydrogens (tertiary/aromatic N) is 3.